The maximum absolute atomic E-state index is 13.2. The van der Waals surface area contributed by atoms with Crippen molar-refractivity contribution in [1.29, 1.82) is 0 Å². The summed E-state index contributed by atoms with van der Waals surface area (Å²) in [6.07, 6.45) is 0.347. The average Bonchev–Trinajstić information content (AvgIpc) is 2.85. The zero-order valence-corrected chi connectivity index (χ0v) is 17.9. The van der Waals surface area contributed by atoms with E-state index in [1.54, 1.807) is 16.7 Å². The molecule has 30 heavy (non-hydrogen) atoms. The van der Waals surface area contributed by atoms with Crippen molar-refractivity contribution in [1.82, 2.24) is 0 Å². The lowest BCUT2D eigenvalue weighted by molar-refractivity contribution is -0.121. The van der Waals surface area contributed by atoms with Crippen molar-refractivity contribution in [3.8, 4) is 0 Å². The zero-order valence-electron chi connectivity index (χ0n) is 17.1. The Labute approximate surface area is 181 Å². The third kappa shape index (κ3) is 4.57. The Morgan fingerprint density at radius 1 is 1.00 bits per heavy atom. The van der Waals surface area contributed by atoms with E-state index in [-0.39, 0.29) is 23.6 Å². The third-order valence-corrected chi connectivity index (χ3v) is 6.39. The highest BCUT2D eigenvalue weighted by Gasteiger charge is 2.30. The van der Waals surface area contributed by atoms with Crippen molar-refractivity contribution < 1.29 is 9.59 Å². The van der Waals surface area contributed by atoms with E-state index >= 15 is 0 Å². The number of aryl methyl sites for hydroxylation is 2. The van der Waals surface area contributed by atoms with Gasteiger partial charge in [0.2, 0.25) is 11.8 Å². The van der Waals surface area contributed by atoms with E-state index in [9.17, 15) is 9.59 Å². The molecule has 1 N–H and O–H groups in total. The fraction of sp³-hybridized carbons (Fsp3) is 0.200. The van der Waals surface area contributed by atoms with Crippen LogP contribution in [0.4, 0.5) is 11.4 Å². The summed E-state index contributed by atoms with van der Waals surface area (Å²) >= 11 is 1.68. The quantitative estimate of drug-likeness (QED) is 0.610. The summed E-state index contributed by atoms with van der Waals surface area (Å²) in [6, 6.07) is 23.8. The highest BCUT2D eigenvalue weighted by molar-refractivity contribution is 7.99. The Kier molecular flexibility index (Phi) is 5.91. The molecule has 0 bridgehead atoms. The van der Waals surface area contributed by atoms with Gasteiger partial charge in [-0.05, 0) is 54.8 Å². The van der Waals surface area contributed by atoms with Gasteiger partial charge in [0.15, 0.2) is 0 Å². The molecule has 1 unspecified atom stereocenters. The molecule has 1 heterocycles. The van der Waals surface area contributed by atoms with Crippen LogP contribution in [0.25, 0.3) is 0 Å². The van der Waals surface area contributed by atoms with Gasteiger partial charge in [0, 0.05) is 22.3 Å². The summed E-state index contributed by atoms with van der Waals surface area (Å²) < 4.78 is 0. The molecule has 1 aliphatic heterocycles. The molecular weight excluding hydrogens is 392 g/mol. The summed E-state index contributed by atoms with van der Waals surface area (Å²) in [4.78, 5) is 28.6. The molecule has 0 saturated carbocycles. The highest BCUT2D eigenvalue weighted by Crippen LogP contribution is 2.45. The van der Waals surface area contributed by atoms with Gasteiger partial charge >= 0.3 is 0 Å². The maximum atomic E-state index is 13.2. The summed E-state index contributed by atoms with van der Waals surface area (Å²) in [5, 5.41) is 2.97. The molecule has 152 valence electrons. The van der Waals surface area contributed by atoms with E-state index in [2.05, 4.69) is 23.5 Å². The number of hydrogen-bond donors (Lipinski definition) is 1. The summed E-state index contributed by atoms with van der Waals surface area (Å²) in [5.74, 6) is -0.247. The van der Waals surface area contributed by atoms with Gasteiger partial charge in [-0.3, -0.25) is 9.59 Å². The van der Waals surface area contributed by atoms with Crippen LogP contribution in [0.3, 0.4) is 0 Å². The summed E-state index contributed by atoms with van der Waals surface area (Å²) in [6.45, 7) is 3.99. The van der Waals surface area contributed by atoms with Crippen LogP contribution in [-0.4, -0.2) is 18.4 Å². The normalized spacial score (nSPS) is 16.0. The predicted molar refractivity (Wildman–Crippen MR) is 123 cm³/mol. The van der Waals surface area contributed by atoms with E-state index in [0.29, 0.717) is 6.42 Å². The van der Waals surface area contributed by atoms with E-state index in [1.165, 1.54) is 0 Å². The lowest BCUT2D eigenvalue weighted by Crippen LogP contribution is -2.38. The second kappa shape index (κ2) is 8.76. The summed E-state index contributed by atoms with van der Waals surface area (Å²) in [5.41, 5.74) is 4.84. The number of carbonyl (C=O) groups is 2. The van der Waals surface area contributed by atoms with E-state index in [1.807, 2.05) is 68.4 Å². The Balaban J connectivity index is 1.58. The molecule has 3 aromatic carbocycles. The lowest BCUT2D eigenvalue weighted by Gasteiger charge is -2.22. The van der Waals surface area contributed by atoms with Gasteiger partial charge in [0.25, 0.3) is 0 Å². The number of para-hydroxylation sites is 1. The minimum absolute atomic E-state index is 0.00902. The molecule has 1 aliphatic rings. The topological polar surface area (TPSA) is 49.4 Å². The van der Waals surface area contributed by atoms with Crippen molar-refractivity contribution >= 4 is 35.0 Å². The maximum Gasteiger partial charge on any atom is 0.244 e. The molecule has 5 heteroatoms. The van der Waals surface area contributed by atoms with Crippen molar-refractivity contribution in [3.63, 3.8) is 0 Å². The molecule has 0 aromatic heterocycles. The molecule has 1 atom stereocenters. The number of thioether (sulfide) groups is 1. The Morgan fingerprint density at radius 2 is 1.67 bits per heavy atom. The van der Waals surface area contributed by atoms with Gasteiger partial charge in [0.05, 0.1) is 5.69 Å². The van der Waals surface area contributed by atoms with Gasteiger partial charge in [-0.2, -0.15) is 0 Å². The number of hydrogen-bond acceptors (Lipinski definition) is 3. The van der Waals surface area contributed by atoms with Crippen LogP contribution in [0.15, 0.2) is 77.7 Å². The average molecular weight is 417 g/mol. The van der Waals surface area contributed by atoms with Crippen molar-refractivity contribution in [2.75, 3.05) is 16.8 Å². The molecule has 3 aromatic rings. The summed E-state index contributed by atoms with van der Waals surface area (Å²) in [7, 11) is 0. The minimum atomic E-state index is -0.202. The SMILES string of the molecule is Cc1cc(C)cc(NC(=O)CN2C(=O)CC(c3ccccc3)Sc3ccccc32)c1. The largest absolute Gasteiger partial charge is 0.325 e. The number of anilines is 2. The van der Waals surface area contributed by atoms with Gasteiger partial charge in [-0.25, -0.2) is 0 Å². The molecule has 0 saturated heterocycles. The standard InChI is InChI=1S/C25H24N2O2S/c1-17-12-18(2)14-20(13-17)26-24(28)16-27-21-10-6-7-11-22(21)30-23(15-25(27)29)19-8-4-3-5-9-19/h3-14,23H,15-16H2,1-2H3,(H,26,28). The van der Waals surface area contributed by atoms with Gasteiger partial charge in [0.1, 0.15) is 6.54 Å². The van der Waals surface area contributed by atoms with Crippen LogP contribution in [0.5, 0.6) is 0 Å². The van der Waals surface area contributed by atoms with Crippen LogP contribution < -0.4 is 10.2 Å². The lowest BCUT2D eigenvalue weighted by atomic mass is 10.1. The van der Waals surface area contributed by atoms with Crippen molar-refractivity contribution in [2.45, 2.75) is 30.4 Å². The Morgan fingerprint density at radius 3 is 2.40 bits per heavy atom. The van der Waals surface area contributed by atoms with Crippen LogP contribution >= 0.6 is 11.8 Å². The number of benzene rings is 3. The van der Waals surface area contributed by atoms with Crippen LogP contribution in [0.1, 0.15) is 28.4 Å². The number of amides is 2. The van der Waals surface area contributed by atoms with E-state index < -0.39 is 0 Å². The fourth-order valence-corrected chi connectivity index (χ4v) is 5.08. The predicted octanol–water partition coefficient (Wildman–Crippen LogP) is 5.51. The Bertz CT molecular complexity index is 1060. The smallest absolute Gasteiger partial charge is 0.244 e. The second-order valence-corrected chi connectivity index (χ2v) is 8.84. The Hall–Kier alpha value is -3.05. The number of fused-ring (bicyclic) bond motifs is 1. The molecule has 4 rings (SSSR count). The fourth-order valence-electron chi connectivity index (χ4n) is 3.80. The first-order valence-electron chi connectivity index (χ1n) is 9.99. The minimum Gasteiger partial charge on any atom is -0.325 e. The molecule has 0 fully saturated rings. The number of carbonyl (C=O) groups excluding carboxylic acids is 2. The second-order valence-electron chi connectivity index (χ2n) is 7.59. The molecule has 2 amide bonds. The first-order valence-corrected chi connectivity index (χ1v) is 10.9. The van der Waals surface area contributed by atoms with Crippen molar-refractivity contribution in [2.24, 2.45) is 0 Å². The van der Waals surface area contributed by atoms with Crippen LogP contribution in [0.2, 0.25) is 0 Å². The number of rotatable bonds is 4. The highest BCUT2D eigenvalue weighted by atomic mass is 32.2. The van der Waals surface area contributed by atoms with Gasteiger partial charge < -0.3 is 10.2 Å². The number of nitrogens with one attached hydrogen (secondary N) is 1. The van der Waals surface area contributed by atoms with E-state index in [0.717, 1.165) is 33.0 Å². The third-order valence-electron chi connectivity index (χ3n) is 5.06. The van der Waals surface area contributed by atoms with Crippen LogP contribution in [0, 0.1) is 13.8 Å². The number of nitrogens with zero attached hydrogens (tertiary/aromatic N) is 1. The van der Waals surface area contributed by atoms with E-state index in [4.69, 9.17) is 0 Å². The molecule has 0 aliphatic carbocycles. The van der Waals surface area contributed by atoms with Crippen LogP contribution in [-0.2, 0) is 9.59 Å². The van der Waals surface area contributed by atoms with Gasteiger partial charge in [-0.15, -0.1) is 11.8 Å². The van der Waals surface area contributed by atoms with Crippen molar-refractivity contribution in [3.05, 3.63) is 89.5 Å². The molecule has 0 spiro atoms. The zero-order chi connectivity index (χ0) is 21.1. The molecule has 4 nitrogen and oxygen atoms in total. The first kappa shape index (κ1) is 20.2. The molecule has 0 radical (unpaired) electrons. The molecular formula is C25H24N2O2S. The first-order chi connectivity index (χ1) is 14.5. The monoisotopic (exact) mass is 416 g/mol. The van der Waals surface area contributed by atoms with Gasteiger partial charge in [-0.1, -0.05) is 48.5 Å².